The Hall–Kier alpha value is -0.500. The molecule has 0 radical (unpaired) electrons. The summed E-state index contributed by atoms with van der Waals surface area (Å²) in [5, 5.41) is 31.9. The quantitative estimate of drug-likeness (QED) is 0.0120. The number of unbranched alkanes of at least 4 members (excludes halogenated alkanes) is 25. The molecule has 8 atom stereocenters. The average Bonchev–Trinajstić information content (AvgIpc) is 3.23. The van der Waals surface area contributed by atoms with E-state index in [1.54, 1.807) is 0 Å². The summed E-state index contributed by atoms with van der Waals surface area (Å²) in [6.07, 6.45) is 13.8. The van der Waals surface area contributed by atoms with E-state index in [4.69, 9.17) is 18.5 Å². The van der Waals surface area contributed by atoms with Crippen molar-refractivity contribution < 1.29 is 90.6 Å². The van der Waals surface area contributed by atoms with Gasteiger partial charge in [-0.3, -0.25) is 27.7 Å². The van der Waals surface area contributed by atoms with Crippen molar-refractivity contribution >= 4 is 48.0 Å². The highest BCUT2D eigenvalue weighted by molar-refractivity contribution is 7.80. The van der Waals surface area contributed by atoms with Crippen molar-refractivity contribution in [2.45, 2.75) is 236 Å². The van der Waals surface area contributed by atoms with Gasteiger partial charge in [-0.05, 0) is 25.0 Å². The molecule has 0 heterocycles. The highest BCUT2D eigenvalue weighted by Crippen LogP contribution is 2.51. The van der Waals surface area contributed by atoms with Crippen molar-refractivity contribution in [1.82, 2.24) is 0 Å². The topological polar surface area (TPSA) is 303 Å². The van der Waals surface area contributed by atoms with E-state index >= 15 is 0 Å². The van der Waals surface area contributed by atoms with Crippen molar-refractivity contribution in [2.75, 3.05) is 19.0 Å². The van der Waals surface area contributed by atoms with Crippen molar-refractivity contribution in [3.8, 4) is 0 Å². The van der Waals surface area contributed by atoms with Crippen LogP contribution in [-0.2, 0) is 50.9 Å². The van der Waals surface area contributed by atoms with Gasteiger partial charge in [0, 0.05) is 12.8 Å². The van der Waals surface area contributed by atoms with Gasteiger partial charge in [0.25, 0.3) is 0 Å². The monoisotopic (exact) mass is 1020 g/mol. The Bertz CT molecular complexity index is 1390. The molecule has 1 aliphatic carbocycles. The lowest BCUT2D eigenvalue weighted by Gasteiger charge is -2.44. The molecule has 0 aromatic rings. The molecule has 0 saturated heterocycles. The molecule has 8 N–H and O–H groups in total. The van der Waals surface area contributed by atoms with Crippen LogP contribution < -0.4 is 0 Å². The third-order valence-electron chi connectivity index (χ3n) is 11.2. The van der Waals surface area contributed by atoms with Gasteiger partial charge in [0.05, 0.1) is 6.61 Å². The van der Waals surface area contributed by atoms with Crippen LogP contribution in [-0.4, -0.2) is 113 Å². The number of phosphoric ester groups is 3. The predicted octanol–water partition coefficient (Wildman–Crippen LogP) is 8.26. The van der Waals surface area contributed by atoms with Crippen LogP contribution in [0.2, 0.25) is 0 Å². The molecule has 0 aromatic heterocycles. The van der Waals surface area contributed by atoms with E-state index in [2.05, 4.69) is 28.6 Å². The molecule has 0 aliphatic heterocycles. The van der Waals surface area contributed by atoms with Crippen molar-refractivity contribution in [3.05, 3.63) is 0 Å². The summed E-state index contributed by atoms with van der Waals surface area (Å²) >= 11 is 4.25. The second-order valence-corrected chi connectivity index (χ2v) is 21.4. The molecule has 0 bridgehead atoms. The molecule has 0 spiro atoms. The first-order chi connectivity index (χ1) is 30.8. The lowest BCUT2D eigenvalue weighted by Crippen LogP contribution is -2.65. The second kappa shape index (κ2) is 36.4. The Labute approximate surface area is 392 Å². The van der Waals surface area contributed by atoms with E-state index in [-0.39, 0.29) is 12.8 Å². The van der Waals surface area contributed by atoms with E-state index in [0.717, 1.165) is 57.1 Å². The number of carbonyl (C=O) groups is 2. The second-order valence-electron chi connectivity index (χ2n) is 17.1. The Morgan fingerprint density at radius 2 is 0.831 bits per heavy atom. The number of ether oxygens (including phenoxy) is 2. The highest BCUT2D eigenvalue weighted by atomic mass is 32.1. The van der Waals surface area contributed by atoms with E-state index in [9.17, 15) is 63.1 Å². The Kier molecular flexibility index (Phi) is 35.1. The van der Waals surface area contributed by atoms with Gasteiger partial charge in [-0.25, -0.2) is 13.7 Å². The van der Waals surface area contributed by atoms with Gasteiger partial charge in [0.15, 0.2) is 6.10 Å². The minimum Gasteiger partial charge on any atom is -0.462 e. The third-order valence-corrected chi connectivity index (χ3v) is 13.6. The van der Waals surface area contributed by atoms with E-state index < -0.39 is 91.3 Å². The number of thiol groups is 1. The lowest BCUT2D eigenvalue weighted by molar-refractivity contribution is -0.213. The largest absolute Gasteiger partial charge is 0.472 e. The summed E-state index contributed by atoms with van der Waals surface area (Å²) in [5.74, 6) is -0.333. The summed E-state index contributed by atoms with van der Waals surface area (Å²) in [6, 6.07) is 0. The zero-order valence-electron chi connectivity index (χ0n) is 38.5. The normalized spacial score (nSPS) is 21.8. The standard InChI is InChI=1S/C42H83O19P3S/c1-2-3-4-5-6-7-8-11-15-18-21-24-27-30-36(44)58-34(32-56-35(43)29-26-23-20-17-14-12-9-10-13-16-19-22-25-28-31-65)33-57-64(54,55)61-40-37(45)38(46)41(59-62(48,49)50)42(39(40)47)60-63(51,52)53/h34,37-42,45-47,65H,2-33H2,1H3,(H,54,55)(H2,48,49,50)(H2,51,52,53)/t34-,37-,38+,39?,40?,41?,42-/m1/s1. The Morgan fingerprint density at radius 3 is 1.23 bits per heavy atom. The molecule has 1 rings (SSSR count). The SMILES string of the molecule is CCCCCCCCCCCCCCCC(=O)O[C@H](COC(=O)CCCCCCCCCCCCCCCCS)COP(=O)(O)OC1C(O)[C@@H](OP(=O)(O)O)C(OP(=O)(O)O)[C@@H](O)[C@H]1O. The zero-order chi connectivity index (χ0) is 48.6. The lowest BCUT2D eigenvalue weighted by atomic mass is 9.85. The van der Waals surface area contributed by atoms with Crippen molar-refractivity contribution in [3.63, 3.8) is 0 Å². The number of aliphatic hydroxyl groups excluding tert-OH is 3. The fourth-order valence-corrected chi connectivity index (χ4v) is 9.94. The maximum Gasteiger partial charge on any atom is 0.472 e. The number of phosphoric acid groups is 3. The molecule has 1 saturated carbocycles. The van der Waals surface area contributed by atoms with Gasteiger partial charge in [-0.15, -0.1) is 0 Å². The van der Waals surface area contributed by atoms with E-state index in [1.807, 2.05) is 0 Å². The molecule has 65 heavy (non-hydrogen) atoms. The fourth-order valence-electron chi connectivity index (χ4n) is 7.62. The summed E-state index contributed by atoms with van der Waals surface area (Å²) in [4.78, 5) is 73.2. The van der Waals surface area contributed by atoms with Crippen LogP contribution in [0.4, 0.5) is 0 Å². The number of hydrogen-bond acceptors (Lipinski definition) is 15. The summed E-state index contributed by atoms with van der Waals surface area (Å²) < 4.78 is 65.5. The van der Waals surface area contributed by atoms with Gasteiger partial charge in [0.1, 0.15) is 43.2 Å². The summed E-state index contributed by atoms with van der Waals surface area (Å²) in [7, 11) is -16.6. The van der Waals surface area contributed by atoms with Gasteiger partial charge >= 0.3 is 35.4 Å². The molecular formula is C42H83O19P3S. The van der Waals surface area contributed by atoms with Crippen LogP contribution in [0, 0.1) is 0 Å². The Morgan fingerprint density at radius 1 is 0.477 bits per heavy atom. The number of carbonyl (C=O) groups excluding carboxylic acids is 2. The van der Waals surface area contributed by atoms with Crippen molar-refractivity contribution in [2.24, 2.45) is 0 Å². The number of aliphatic hydroxyl groups is 3. The maximum absolute atomic E-state index is 13.1. The zero-order valence-corrected chi connectivity index (χ0v) is 42.1. The molecule has 1 fully saturated rings. The first-order valence-electron chi connectivity index (χ1n) is 23.9. The van der Waals surface area contributed by atoms with Crippen LogP contribution in [0.3, 0.4) is 0 Å². The molecule has 0 aromatic carbocycles. The molecular weight excluding hydrogens is 933 g/mol. The minimum atomic E-state index is -5.60. The molecule has 4 unspecified atom stereocenters. The first kappa shape index (κ1) is 62.5. The van der Waals surface area contributed by atoms with Gasteiger partial charge < -0.3 is 49.3 Å². The van der Waals surface area contributed by atoms with Gasteiger partial charge in [-0.1, -0.05) is 161 Å². The third kappa shape index (κ3) is 32.9. The Balaban J connectivity index is 2.71. The van der Waals surface area contributed by atoms with E-state index in [0.29, 0.717) is 12.8 Å². The molecule has 0 amide bonds. The van der Waals surface area contributed by atoms with Gasteiger partial charge in [-0.2, -0.15) is 12.6 Å². The molecule has 19 nitrogen and oxygen atoms in total. The number of esters is 2. The predicted molar refractivity (Wildman–Crippen MR) is 247 cm³/mol. The summed E-state index contributed by atoms with van der Waals surface area (Å²) in [5.41, 5.74) is 0. The first-order valence-corrected chi connectivity index (χ1v) is 29.1. The van der Waals surface area contributed by atoms with Crippen LogP contribution in [0.1, 0.15) is 193 Å². The van der Waals surface area contributed by atoms with Gasteiger partial charge in [0.2, 0.25) is 0 Å². The number of rotatable bonds is 42. The number of hydrogen-bond donors (Lipinski definition) is 9. The van der Waals surface area contributed by atoms with Crippen LogP contribution in [0.5, 0.6) is 0 Å². The average molecular weight is 1020 g/mol. The fraction of sp³-hybridized carbons (Fsp3) is 0.952. The molecule has 23 heteroatoms. The maximum atomic E-state index is 13.1. The highest BCUT2D eigenvalue weighted by Gasteiger charge is 2.56. The van der Waals surface area contributed by atoms with Crippen molar-refractivity contribution in [1.29, 1.82) is 0 Å². The van der Waals surface area contributed by atoms with Crippen LogP contribution >= 0.6 is 36.1 Å². The van der Waals surface area contributed by atoms with Crippen LogP contribution in [0.25, 0.3) is 0 Å². The minimum absolute atomic E-state index is 0.00360. The van der Waals surface area contributed by atoms with E-state index in [1.165, 1.54) is 109 Å². The smallest absolute Gasteiger partial charge is 0.462 e. The molecule has 386 valence electrons. The molecule has 1 aliphatic rings. The summed E-state index contributed by atoms with van der Waals surface area (Å²) in [6.45, 7) is 0.731. The van der Waals surface area contributed by atoms with Crippen LogP contribution in [0.15, 0.2) is 0 Å².